The number of aromatic carboxylic acids is 1. The lowest BCUT2D eigenvalue weighted by atomic mass is 10.00. The van der Waals surface area contributed by atoms with Crippen LogP contribution in [0.2, 0.25) is 5.02 Å². The zero-order valence-electron chi connectivity index (χ0n) is 19.5. The van der Waals surface area contributed by atoms with Gasteiger partial charge in [-0.15, -0.1) is 0 Å². The van der Waals surface area contributed by atoms with Crippen LogP contribution in [0.15, 0.2) is 30.4 Å². The van der Waals surface area contributed by atoms with Crippen LogP contribution in [0.25, 0.3) is 6.08 Å². The minimum absolute atomic E-state index is 0.0387. The second-order valence-electron chi connectivity index (χ2n) is 8.48. The fourth-order valence-electron chi connectivity index (χ4n) is 3.42. The SMILES string of the molecule is COCOc1cc(Cl)cc(C=CC[C@@H]2OC(C)(C)O[C@@H]2C(O)C=C[C@@H](C)[C@H](C)O)c1C(=O)O. The first kappa shape index (κ1) is 27.3. The Morgan fingerprint density at radius 2 is 1.94 bits per heavy atom. The van der Waals surface area contributed by atoms with Crippen molar-refractivity contribution in [3.8, 4) is 5.75 Å². The van der Waals surface area contributed by atoms with Crippen LogP contribution >= 0.6 is 11.6 Å². The van der Waals surface area contributed by atoms with Crippen molar-refractivity contribution in [3.05, 3.63) is 46.5 Å². The topological polar surface area (TPSA) is 115 Å². The molecule has 0 saturated carbocycles. The van der Waals surface area contributed by atoms with Gasteiger partial charge in [-0.3, -0.25) is 0 Å². The summed E-state index contributed by atoms with van der Waals surface area (Å²) in [6.07, 6.45) is 4.46. The van der Waals surface area contributed by atoms with E-state index in [9.17, 15) is 20.1 Å². The predicted molar refractivity (Wildman–Crippen MR) is 124 cm³/mol. The molecule has 1 aliphatic heterocycles. The molecule has 9 heteroatoms. The van der Waals surface area contributed by atoms with Crippen molar-refractivity contribution >= 4 is 23.6 Å². The summed E-state index contributed by atoms with van der Waals surface area (Å²) in [6.45, 7) is 6.93. The molecule has 1 aliphatic rings. The molecular weight excluding hydrogens is 452 g/mol. The third kappa shape index (κ3) is 7.81. The largest absolute Gasteiger partial charge is 0.478 e. The van der Waals surface area contributed by atoms with Gasteiger partial charge in [0.1, 0.15) is 23.5 Å². The van der Waals surface area contributed by atoms with E-state index in [4.69, 9.17) is 30.5 Å². The number of carbonyl (C=O) groups is 1. The molecule has 0 radical (unpaired) electrons. The lowest BCUT2D eigenvalue weighted by Gasteiger charge is -2.20. The Labute approximate surface area is 199 Å². The molecule has 1 heterocycles. The van der Waals surface area contributed by atoms with E-state index in [2.05, 4.69) is 0 Å². The second kappa shape index (κ2) is 12.0. The minimum atomic E-state index is -1.16. The Morgan fingerprint density at radius 3 is 2.55 bits per heavy atom. The van der Waals surface area contributed by atoms with Crippen molar-refractivity contribution in [2.24, 2.45) is 5.92 Å². The van der Waals surface area contributed by atoms with Gasteiger partial charge in [0.05, 0.1) is 12.2 Å². The summed E-state index contributed by atoms with van der Waals surface area (Å²) >= 11 is 6.15. The highest BCUT2D eigenvalue weighted by Gasteiger charge is 2.43. The molecule has 1 aromatic rings. The molecule has 3 N–H and O–H groups in total. The molecule has 0 amide bonds. The lowest BCUT2D eigenvalue weighted by molar-refractivity contribution is -0.152. The number of methoxy groups -OCH3 is 1. The maximum absolute atomic E-state index is 11.8. The van der Waals surface area contributed by atoms with Crippen LogP contribution in [-0.2, 0) is 14.2 Å². The summed E-state index contributed by atoms with van der Waals surface area (Å²) in [6, 6.07) is 2.95. The summed E-state index contributed by atoms with van der Waals surface area (Å²) in [5, 5.41) is 30.3. The predicted octanol–water partition coefficient (Wildman–Crippen LogP) is 3.88. The van der Waals surface area contributed by atoms with Gasteiger partial charge < -0.3 is 34.3 Å². The summed E-state index contributed by atoms with van der Waals surface area (Å²) < 4.78 is 22.1. The number of carboxylic acids is 1. The van der Waals surface area contributed by atoms with E-state index in [-0.39, 0.29) is 24.0 Å². The highest BCUT2D eigenvalue weighted by Crippen LogP contribution is 2.33. The maximum Gasteiger partial charge on any atom is 0.340 e. The smallest absolute Gasteiger partial charge is 0.340 e. The van der Waals surface area contributed by atoms with E-state index < -0.39 is 36.2 Å². The number of rotatable bonds is 11. The molecule has 33 heavy (non-hydrogen) atoms. The van der Waals surface area contributed by atoms with Gasteiger partial charge in [0, 0.05) is 12.1 Å². The summed E-state index contributed by atoms with van der Waals surface area (Å²) in [7, 11) is 1.43. The zero-order valence-corrected chi connectivity index (χ0v) is 20.3. The van der Waals surface area contributed by atoms with E-state index in [0.29, 0.717) is 17.0 Å². The first-order chi connectivity index (χ1) is 15.4. The third-order valence-corrected chi connectivity index (χ3v) is 5.46. The van der Waals surface area contributed by atoms with E-state index in [1.54, 1.807) is 45.1 Å². The minimum Gasteiger partial charge on any atom is -0.478 e. The number of hydrogen-bond acceptors (Lipinski definition) is 7. The van der Waals surface area contributed by atoms with Crippen LogP contribution in [0.1, 0.15) is 50.0 Å². The van der Waals surface area contributed by atoms with Crippen LogP contribution in [0.3, 0.4) is 0 Å². The van der Waals surface area contributed by atoms with Crippen LogP contribution in [0, 0.1) is 5.92 Å². The average molecular weight is 485 g/mol. The molecule has 1 aromatic carbocycles. The fraction of sp³-hybridized carbons (Fsp3) is 0.542. The second-order valence-corrected chi connectivity index (χ2v) is 8.91. The number of halogens is 1. The van der Waals surface area contributed by atoms with Crippen molar-refractivity contribution in [1.29, 1.82) is 0 Å². The molecule has 184 valence electrons. The third-order valence-electron chi connectivity index (χ3n) is 5.24. The summed E-state index contributed by atoms with van der Waals surface area (Å²) in [5.74, 6) is -2.08. The molecule has 1 unspecified atom stereocenters. The molecule has 0 aromatic heterocycles. The monoisotopic (exact) mass is 484 g/mol. The fourth-order valence-corrected chi connectivity index (χ4v) is 3.64. The number of benzene rings is 1. The molecule has 8 nitrogen and oxygen atoms in total. The van der Waals surface area contributed by atoms with Crippen molar-refractivity contribution in [1.82, 2.24) is 0 Å². The first-order valence-electron chi connectivity index (χ1n) is 10.7. The van der Waals surface area contributed by atoms with Crippen molar-refractivity contribution < 1.29 is 39.1 Å². The number of hydrogen-bond donors (Lipinski definition) is 3. The van der Waals surface area contributed by atoms with Crippen molar-refractivity contribution in [2.45, 2.75) is 64.3 Å². The molecule has 0 aliphatic carbocycles. The van der Waals surface area contributed by atoms with Crippen LogP contribution < -0.4 is 4.74 Å². The lowest BCUT2D eigenvalue weighted by Crippen LogP contribution is -2.34. The molecule has 1 fully saturated rings. The summed E-state index contributed by atoms with van der Waals surface area (Å²) in [4.78, 5) is 11.8. The number of aliphatic hydroxyl groups excluding tert-OH is 2. The van der Waals surface area contributed by atoms with Gasteiger partial charge in [-0.2, -0.15) is 0 Å². The van der Waals surface area contributed by atoms with E-state index >= 15 is 0 Å². The number of ether oxygens (including phenoxy) is 4. The zero-order chi connectivity index (χ0) is 24.8. The van der Waals surface area contributed by atoms with Crippen LogP contribution in [-0.4, -0.2) is 65.4 Å². The quantitative estimate of drug-likeness (QED) is 0.320. The van der Waals surface area contributed by atoms with E-state index in [1.165, 1.54) is 19.2 Å². The van der Waals surface area contributed by atoms with E-state index in [1.807, 2.05) is 6.92 Å². The molecular formula is C24H33ClO8. The number of aliphatic hydroxyl groups is 2. The van der Waals surface area contributed by atoms with Crippen LogP contribution in [0.4, 0.5) is 0 Å². The highest BCUT2D eigenvalue weighted by atomic mass is 35.5. The normalized spacial score (nSPS) is 23.2. The van der Waals surface area contributed by atoms with Gasteiger partial charge in [-0.1, -0.05) is 42.8 Å². The number of carboxylic acid groups (broad SMARTS) is 1. The molecule has 0 spiro atoms. The van der Waals surface area contributed by atoms with Gasteiger partial charge in [0.2, 0.25) is 0 Å². The Morgan fingerprint density at radius 1 is 1.24 bits per heavy atom. The molecule has 2 rings (SSSR count). The Kier molecular flexibility index (Phi) is 9.90. The Hall–Kier alpha value is -1.94. The van der Waals surface area contributed by atoms with Crippen molar-refractivity contribution in [3.63, 3.8) is 0 Å². The van der Waals surface area contributed by atoms with Gasteiger partial charge in [-0.25, -0.2) is 4.79 Å². The highest BCUT2D eigenvalue weighted by molar-refractivity contribution is 6.31. The Bertz CT molecular complexity index is 864. The van der Waals surface area contributed by atoms with Gasteiger partial charge in [0.25, 0.3) is 0 Å². The maximum atomic E-state index is 11.8. The first-order valence-corrected chi connectivity index (χ1v) is 11.1. The van der Waals surface area contributed by atoms with Gasteiger partial charge in [-0.05, 0) is 50.8 Å². The van der Waals surface area contributed by atoms with Gasteiger partial charge >= 0.3 is 5.97 Å². The Balaban J connectivity index is 2.21. The van der Waals surface area contributed by atoms with E-state index in [0.717, 1.165) is 0 Å². The molecule has 0 bridgehead atoms. The van der Waals surface area contributed by atoms with Crippen molar-refractivity contribution in [2.75, 3.05) is 13.9 Å². The molecule has 5 atom stereocenters. The van der Waals surface area contributed by atoms with Gasteiger partial charge in [0.15, 0.2) is 12.6 Å². The average Bonchev–Trinajstić information content (AvgIpc) is 3.03. The summed E-state index contributed by atoms with van der Waals surface area (Å²) in [5.41, 5.74) is 0.324. The standard InChI is InChI=1S/C24H33ClO8/c1-14(15(2)26)9-10-18(27)22-19(32-24(3,4)33-22)8-6-7-16-11-17(25)12-20(31-13-30-5)21(16)23(28)29/h6-7,9-12,14-15,18-19,22,26-27H,8,13H2,1-5H3,(H,28,29)/t14-,15+,18?,19+,22-/m1/s1. The van der Waals surface area contributed by atoms with Crippen LogP contribution in [0.5, 0.6) is 5.75 Å². The molecule has 1 saturated heterocycles.